The number of imidazole rings is 1. The molecular weight excluding hydrogens is 199 g/mol. The Morgan fingerprint density at radius 3 is 3.00 bits per heavy atom. The van der Waals surface area contributed by atoms with Gasteiger partial charge < -0.3 is 9.51 Å². The molecule has 2 aromatic heterocycles. The van der Waals surface area contributed by atoms with Gasteiger partial charge in [-0.3, -0.25) is 0 Å². The van der Waals surface area contributed by atoms with Crippen molar-refractivity contribution in [2.75, 3.05) is 0 Å². The lowest BCUT2D eigenvalue weighted by atomic mass is 10.4. The number of nitrogens with zero attached hydrogens (tertiary/aromatic N) is 2. The molecule has 2 aromatic rings. The summed E-state index contributed by atoms with van der Waals surface area (Å²) < 4.78 is 14.4. The predicted octanol–water partition coefficient (Wildman–Crippen LogP) is 1.73. The summed E-state index contributed by atoms with van der Waals surface area (Å²) in [4.78, 5) is 14.3. The molecule has 76 valence electrons. The van der Waals surface area contributed by atoms with Crippen molar-refractivity contribution in [3.8, 4) is 0 Å². The molecule has 0 aliphatic carbocycles. The van der Waals surface area contributed by atoms with E-state index in [0.29, 0.717) is 5.65 Å². The lowest BCUT2D eigenvalue weighted by molar-refractivity contribution is -0.134. The minimum atomic E-state index is -1.59. The Morgan fingerprint density at radius 1 is 1.53 bits per heavy atom. The third kappa shape index (κ3) is 1.85. The van der Waals surface area contributed by atoms with E-state index in [4.69, 9.17) is 5.11 Å². The maximum absolute atomic E-state index is 12.8. The first-order valence-corrected chi connectivity index (χ1v) is 4.21. The monoisotopic (exact) mass is 206 g/mol. The number of hydrogen-bond acceptors (Lipinski definition) is 2. The van der Waals surface area contributed by atoms with Crippen molar-refractivity contribution in [2.24, 2.45) is 0 Å². The second kappa shape index (κ2) is 3.53. The van der Waals surface area contributed by atoms with Crippen LogP contribution in [0.2, 0.25) is 0 Å². The topological polar surface area (TPSA) is 54.6 Å². The smallest absolute Gasteiger partial charge is 0.364 e. The van der Waals surface area contributed by atoms with Crippen LogP contribution in [0.1, 0.15) is 5.69 Å². The van der Waals surface area contributed by atoms with Crippen molar-refractivity contribution < 1.29 is 14.3 Å². The molecule has 0 saturated carbocycles. The first-order chi connectivity index (χ1) is 7.16. The number of carbonyl (C=O) groups is 1. The van der Waals surface area contributed by atoms with Crippen LogP contribution in [0, 0.1) is 0 Å². The number of halogens is 1. The maximum Gasteiger partial charge on any atom is 0.364 e. The van der Waals surface area contributed by atoms with E-state index in [1.807, 2.05) is 0 Å². The summed E-state index contributed by atoms with van der Waals surface area (Å²) in [6.45, 7) is 0. The zero-order valence-electron chi connectivity index (χ0n) is 7.59. The summed E-state index contributed by atoms with van der Waals surface area (Å²) in [5, 5.41) is 8.34. The summed E-state index contributed by atoms with van der Waals surface area (Å²) >= 11 is 0. The second-order valence-corrected chi connectivity index (χ2v) is 2.93. The van der Waals surface area contributed by atoms with E-state index in [0.717, 1.165) is 6.08 Å². The number of carboxylic acids is 1. The van der Waals surface area contributed by atoms with E-state index in [2.05, 4.69) is 4.98 Å². The van der Waals surface area contributed by atoms with E-state index in [1.54, 1.807) is 35.0 Å². The van der Waals surface area contributed by atoms with E-state index >= 15 is 0 Å². The predicted molar refractivity (Wildman–Crippen MR) is 51.9 cm³/mol. The van der Waals surface area contributed by atoms with Gasteiger partial charge in [0, 0.05) is 18.5 Å². The normalized spacial score (nSPS) is 11.9. The lowest BCUT2D eigenvalue weighted by Gasteiger charge is -1.86. The van der Waals surface area contributed by atoms with Gasteiger partial charge in [0.1, 0.15) is 5.65 Å². The van der Waals surface area contributed by atoms with E-state index in [1.165, 1.54) is 0 Å². The SMILES string of the molecule is O=C(O)/C(F)=C/c1cn2ccccc2n1. The van der Waals surface area contributed by atoms with Gasteiger partial charge in [-0.1, -0.05) is 6.07 Å². The van der Waals surface area contributed by atoms with Crippen LogP contribution in [-0.4, -0.2) is 20.5 Å². The average molecular weight is 206 g/mol. The molecule has 2 rings (SSSR count). The molecule has 0 unspecified atom stereocenters. The standard InChI is InChI=1S/C10H7FN2O2/c11-8(10(14)15)5-7-6-13-4-2-1-3-9(13)12-7/h1-6H,(H,14,15)/b8-5-. The zero-order valence-corrected chi connectivity index (χ0v) is 7.59. The molecule has 0 saturated heterocycles. The zero-order chi connectivity index (χ0) is 10.8. The Labute approximate surface area is 84.3 Å². The maximum atomic E-state index is 12.8. The quantitative estimate of drug-likeness (QED) is 0.761. The minimum absolute atomic E-state index is 0.279. The van der Waals surface area contributed by atoms with Crippen molar-refractivity contribution in [3.05, 3.63) is 42.1 Å². The van der Waals surface area contributed by atoms with E-state index < -0.39 is 11.8 Å². The van der Waals surface area contributed by atoms with Crippen molar-refractivity contribution in [3.63, 3.8) is 0 Å². The average Bonchev–Trinajstić information content (AvgIpc) is 2.59. The molecule has 0 fully saturated rings. The Kier molecular flexibility index (Phi) is 2.21. The Balaban J connectivity index is 2.46. The number of rotatable bonds is 2. The van der Waals surface area contributed by atoms with Crippen LogP contribution in [-0.2, 0) is 4.79 Å². The summed E-state index contributed by atoms with van der Waals surface area (Å²) in [6, 6.07) is 5.34. The highest BCUT2D eigenvalue weighted by Crippen LogP contribution is 2.09. The number of fused-ring (bicyclic) bond motifs is 1. The molecule has 2 heterocycles. The molecule has 0 amide bonds. The molecule has 0 radical (unpaired) electrons. The van der Waals surface area contributed by atoms with Crippen LogP contribution >= 0.6 is 0 Å². The van der Waals surface area contributed by atoms with Crippen molar-refractivity contribution >= 4 is 17.7 Å². The Bertz CT molecular complexity index is 512. The van der Waals surface area contributed by atoms with Crippen molar-refractivity contribution in [1.29, 1.82) is 0 Å². The fourth-order valence-electron chi connectivity index (χ4n) is 1.22. The number of hydrogen-bond donors (Lipinski definition) is 1. The number of pyridine rings is 1. The third-order valence-electron chi connectivity index (χ3n) is 1.86. The number of aromatic nitrogens is 2. The first kappa shape index (κ1) is 9.39. The molecule has 5 heteroatoms. The summed E-state index contributed by atoms with van der Waals surface area (Å²) in [5.41, 5.74) is 0.919. The molecule has 0 aromatic carbocycles. The molecule has 1 N–H and O–H groups in total. The Morgan fingerprint density at radius 2 is 2.33 bits per heavy atom. The second-order valence-electron chi connectivity index (χ2n) is 2.93. The largest absolute Gasteiger partial charge is 0.476 e. The van der Waals surface area contributed by atoms with Crippen LogP contribution in [0.4, 0.5) is 4.39 Å². The highest BCUT2D eigenvalue weighted by Gasteiger charge is 2.06. The fourth-order valence-corrected chi connectivity index (χ4v) is 1.22. The van der Waals surface area contributed by atoms with Gasteiger partial charge in [-0.25, -0.2) is 9.78 Å². The highest BCUT2D eigenvalue weighted by molar-refractivity contribution is 5.89. The van der Waals surface area contributed by atoms with Crippen molar-refractivity contribution in [2.45, 2.75) is 0 Å². The molecule has 0 aliphatic rings. The first-order valence-electron chi connectivity index (χ1n) is 4.21. The van der Waals surface area contributed by atoms with E-state index in [9.17, 15) is 9.18 Å². The van der Waals surface area contributed by atoms with Crippen molar-refractivity contribution in [1.82, 2.24) is 9.38 Å². The summed E-state index contributed by atoms with van der Waals surface area (Å²) in [6.07, 6.45) is 4.19. The third-order valence-corrected chi connectivity index (χ3v) is 1.86. The van der Waals surface area contributed by atoms with Crippen LogP contribution < -0.4 is 0 Å². The lowest BCUT2D eigenvalue weighted by Crippen LogP contribution is -1.93. The van der Waals surface area contributed by atoms with Gasteiger partial charge in [-0.15, -0.1) is 0 Å². The van der Waals surface area contributed by atoms with Gasteiger partial charge in [0.2, 0.25) is 5.83 Å². The fraction of sp³-hybridized carbons (Fsp3) is 0. The van der Waals surface area contributed by atoms with Gasteiger partial charge in [0.05, 0.1) is 5.69 Å². The number of carboxylic acid groups (broad SMARTS) is 1. The van der Waals surface area contributed by atoms with Gasteiger partial charge in [0.25, 0.3) is 0 Å². The molecular formula is C10H7FN2O2. The van der Waals surface area contributed by atoms with Gasteiger partial charge in [0.15, 0.2) is 0 Å². The Hall–Kier alpha value is -2.17. The number of aliphatic carboxylic acids is 1. The summed E-state index contributed by atoms with van der Waals surface area (Å²) in [7, 11) is 0. The van der Waals surface area contributed by atoms with Crippen LogP contribution in [0.25, 0.3) is 11.7 Å². The van der Waals surface area contributed by atoms with Gasteiger partial charge >= 0.3 is 5.97 Å². The molecule has 0 bridgehead atoms. The summed E-state index contributed by atoms with van der Waals surface area (Å²) in [5.74, 6) is -2.81. The molecule has 15 heavy (non-hydrogen) atoms. The highest BCUT2D eigenvalue weighted by atomic mass is 19.1. The van der Waals surface area contributed by atoms with Gasteiger partial charge in [-0.05, 0) is 12.1 Å². The molecule has 4 nitrogen and oxygen atoms in total. The van der Waals surface area contributed by atoms with E-state index in [-0.39, 0.29) is 5.69 Å². The molecule has 0 atom stereocenters. The van der Waals surface area contributed by atoms with Crippen LogP contribution in [0.5, 0.6) is 0 Å². The molecule has 0 aliphatic heterocycles. The molecule has 0 spiro atoms. The van der Waals surface area contributed by atoms with Gasteiger partial charge in [-0.2, -0.15) is 4.39 Å². The van der Waals surface area contributed by atoms with Crippen LogP contribution in [0.15, 0.2) is 36.4 Å². The van der Waals surface area contributed by atoms with Crippen LogP contribution in [0.3, 0.4) is 0 Å². The minimum Gasteiger partial charge on any atom is -0.476 e.